The van der Waals surface area contributed by atoms with Crippen LogP contribution in [0.4, 0.5) is 11.4 Å². The minimum Gasteiger partial charge on any atom is -1.00 e. The number of benzene rings is 2. The van der Waals surface area contributed by atoms with Crippen molar-refractivity contribution in [2.75, 3.05) is 0 Å². The van der Waals surface area contributed by atoms with Gasteiger partial charge in [-0.2, -0.15) is 0 Å². The van der Waals surface area contributed by atoms with E-state index < -0.39 is 0 Å². The van der Waals surface area contributed by atoms with Crippen LogP contribution in [-0.2, 0) is 44.2 Å². The van der Waals surface area contributed by atoms with Crippen molar-refractivity contribution in [3.63, 3.8) is 0 Å². The maximum atomic E-state index is 4.85. The fraction of sp³-hybridized carbons (Fsp3) is 0.345. The Morgan fingerprint density at radius 1 is 0.611 bits per heavy atom. The van der Waals surface area contributed by atoms with Crippen LogP contribution in [-0.4, -0.2) is 17.4 Å². The zero-order valence-corrected chi connectivity index (χ0v) is 25.6. The van der Waals surface area contributed by atoms with E-state index in [1.54, 1.807) is 0 Å². The topological polar surface area (TPSA) is 37.6 Å². The molecule has 0 saturated carbocycles. The van der Waals surface area contributed by atoms with Gasteiger partial charge < -0.3 is 37.2 Å². The molecule has 3 aromatic rings. The first-order valence-corrected chi connectivity index (χ1v) is 11.8. The molecule has 0 aliphatic heterocycles. The van der Waals surface area contributed by atoms with Crippen LogP contribution < -0.4 is 37.2 Å². The zero-order chi connectivity index (χ0) is 23.1. The van der Waals surface area contributed by atoms with Crippen molar-refractivity contribution in [1.29, 1.82) is 0 Å². The molecule has 3 nitrogen and oxygen atoms in total. The second-order valence-electron chi connectivity index (χ2n) is 8.28. The van der Waals surface area contributed by atoms with Gasteiger partial charge in [-0.3, -0.25) is 9.98 Å². The summed E-state index contributed by atoms with van der Waals surface area (Å²) in [6, 6.07) is 14.9. The Balaban J connectivity index is 0. The predicted octanol–water partition coefficient (Wildman–Crippen LogP) is -1.54. The molecule has 1 aromatic heterocycles. The summed E-state index contributed by atoms with van der Waals surface area (Å²) in [5.74, 6) is 0. The van der Waals surface area contributed by atoms with Crippen LogP contribution in [0.3, 0.4) is 0 Å². The van der Waals surface area contributed by atoms with Gasteiger partial charge in [0.2, 0.25) is 0 Å². The molecule has 3 rings (SSSR count). The van der Waals surface area contributed by atoms with Crippen molar-refractivity contribution in [1.82, 2.24) is 4.98 Å². The van der Waals surface area contributed by atoms with E-state index in [9.17, 15) is 0 Å². The molecule has 2 aromatic carbocycles. The standard InChI is InChI=1S/C29H35N3.3ClH.V/c1-7-22-14-20(5)15-23(8-2)28(22)30-18-26-12-11-13-27(32-26)19-31-29-24(9-3)16-21(6)17-25(29)10-4;;;;/h11-19H,7-10H2,1-6H3;3*1H;/p-3. The molecule has 0 atom stereocenters. The minimum atomic E-state index is 0. The molecule has 0 aliphatic rings. The monoisotopic (exact) mass is 581 g/mol. The van der Waals surface area contributed by atoms with Gasteiger partial charge in [0.15, 0.2) is 0 Å². The van der Waals surface area contributed by atoms with Crippen molar-refractivity contribution < 1.29 is 55.8 Å². The summed E-state index contributed by atoms with van der Waals surface area (Å²) in [7, 11) is 0. The van der Waals surface area contributed by atoms with Gasteiger partial charge >= 0.3 is 0 Å². The first kappa shape index (κ1) is 36.5. The van der Waals surface area contributed by atoms with Gasteiger partial charge in [0.05, 0.1) is 35.2 Å². The van der Waals surface area contributed by atoms with E-state index in [-0.39, 0.29) is 55.8 Å². The first-order chi connectivity index (χ1) is 15.5. The maximum absolute atomic E-state index is 4.85. The van der Waals surface area contributed by atoms with Gasteiger partial charge in [0.25, 0.3) is 0 Å². The Bertz CT molecular complexity index is 1020. The van der Waals surface area contributed by atoms with E-state index in [1.165, 1.54) is 33.4 Å². The average molecular weight is 583 g/mol. The van der Waals surface area contributed by atoms with Crippen LogP contribution in [0.2, 0.25) is 0 Å². The van der Waals surface area contributed by atoms with Gasteiger partial charge in [-0.1, -0.05) is 69.2 Å². The van der Waals surface area contributed by atoms with Gasteiger partial charge in [-0.05, 0) is 73.9 Å². The molecule has 0 N–H and O–H groups in total. The van der Waals surface area contributed by atoms with Crippen molar-refractivity contribution in [2.45, 2.75) is 67.2 Å². The zero-order valence-electron chi connectivity index (χ0n) is 21.9. The Morgan fingerprint density at radius 2 is 0.917 bits per heavy atom. The molecule has 195 valence electrons. The van der Waals surface area contributed by atoms with Crippen LogP contribution in [0.5, 0.6) is 0 Å². The van der Waals surface area contributed by atoms with Crippen molar-refractivity contribution in [3.8, 4) is 0 Å². The molecule has 0 fully saturated rings. The molecular weight excluding hydrogens is 548 g/mol. The number of hydrogen-bond acceptors (Lipinski definition) is 3. The minimum absolute atomic E-state index is 0. The number of aryl methyl sites for hydroxylation is 6. The third-order valence-corrected chi connectivity index (χ3v) is 5.79. The fourth-order valence-electron chi connectivity index (χ4n) is 4.15. The van der Waals surface area contributed by atoms with Crippen LogP contribution >= 0.6 is 0 Å². The molecule has 36 heavy (non-hydrogen) atoms. The number of pyridine rings is 1. The third-order valence-electron chi connectivity index (χ3n) is 5.79. The molecule has 0 bridgehead atoms. The van der Waals surface area contributed by atoms with Crippen molar-refractivity contribution >= 4 is 23.8 Å². The normalized spacial score (nSPS) is 10.4. The van der Waals surface area contributed by atoms with E-state index in [2.05, 4.69) is 65.8 Å². The van der Waals surface area contributed by atoms with Crippen molar-refractivity contribution in [2.24, 2.45) is 9.98 Å². The molecule has 0 saturated heterocycles. The van der Waals surface area contributed by atoms with Gasteiger partial charge in [-0.15, -0.1) is 0 Å². The summed E-state index contributed by atoms with van der Waals surface area (Å²) in [4.78, 5) is 14.5. The molecule has 1 radical (unpaired) electrons. The number of hydrogen-bond donors (Lipinski definition) is 0. The first-order valence-electron chi connectivity index (χ1n) is 11.8. The average Bonchev–Trinajstić information content (AvgIpc) is 2.81. The van der Waals surface area contributed by atoms with Crippen LogP contribution in [0, 0.1) is 13.8 Å². The number of aromatic nitrogens is 1. The van der Waals surface area contributed by atoms with Gasteiger partial charge in [-0.25, -0.2) is 4.98 Å². The number of halogens is 3. The Kier molecular flexibility index (Phi) is 18.0. The largest absolute Gasteiger partial charge is 1.00 e. The van der Waals surface area contributed by atoms with E-state index in [0.29, 0.717) is 0 Å². The maximum Gasteiger partial charge on any atom is 0.0820 e. The second kappa shape index (κ2) is 17.8. The molecule has 7 heteroatoms. The molecular formula is C29H35Cl3N3V-3. The quantitative estimate of drug-likeness (QED) is 0.297. The van der Waals surface area contributed by atoms with Crippen molar-refractivity contribution in [3.05, 3.63) is 87.2 Å². The molecule has 0 spiro atoms. The molecule has 0 unspecified atom stereocenters. The van der Waals surface area contributed by atoms with E-state index in [0.717, 1.165) is 48.4 Å². The number of aliphatic imine (C=N–C) groups is 2. The summed E-state index contributed by atoms with van der Waals surface area (Å²) in [5, 5.41) is 0. The van der Waals surface area contributed by atoms with Crippen LogP contribution in [0.15, 0.2) is 52.4 Å². The summed E-state index contributed by atoms with van der Waals surface area (Å²) in [5.41, 5.74) is 11.6. The molecule has 0 aliphatic carbocycles. The number of rotatable bonds is 8. The summed E-state index contributed by atoms with van der Waals surface area (Å²) in [6.45, 7) is 13.0. The molecule has 1 heterocycles. The summed E-state index contributed by atoms with van der Waals surface area (Å²) >= 11 is 0. The smallest absolute Gasteiger partial charge is 0.0820 e. The SMILES string of the molecule is CCc1cc(C)cc(CC)c1N=Cc1cccc(C=Nc2c(CC)cc(C)cc2CC)n1.[Cl-].[Cl-].[Cl-].[V]. The van der Waals surface area contributed by atoms with Crippen LogP contribution in [0.1, 0.15) is 72.5 Å². The van der Waals surface area contributed by atoms with E-state index in [4.69, 9.17) is 15.0 Å². The summed E-state index contributed by atoms with van der Waals surface area (Å²) in [6.07, 6.45) is 7.63. The number of nitrogens with zero attached hydrogens (tertiary/aromatic N) is 3. The Labute approximate surface area is 247 Å². The fourth-order valence-corrected chi connectivity index (χ4v) is 4.15. The van der Waals surface area contributed by atoms with Crippen LogP contribution in [0.25, 0.3) is 0 Å². The second-order valence-corrected chi connectivity index (χ2v) is 8.28. The molecule has 0 amide bonds. The van der Waals surface area contributed by atoms with Gasteiger partial charge in [0, 0.05) is 18.6 Å². The Hall–Kier alpha value is -1.62. The van der Waals surface area contributed by atoms with E-state index >= 15 is 0 Å². The summed E-state index contributed by atoms with van der Waals surface area (Å²) < 4.78 is 0. The van der Waals surface area contributed by atoms with Gasteiger partial charge in [0.1, 0.15) is 0 Å². The third kappa shape index (κ3) is 9.36. The Morgan fingerprint density at radius 3 is 1.19 bits per heavy atom. The predicted molar refractivity (Wildman–Crippen MR) is 139 cm³/mol. The van der Waals surface area contributed by atoms with E-state index in [1.807, 2.05) is 30.6 Å².